The maximum Gasteiger partial charge on any atom is 0.335 e. The topological polar surface area (TPSA) is 57.5 Å². The van der Waals surface area contributed by atoms with Crippen molar-refractivity contribution in [3.63, 3.8) is 0 Å². The van der Waals surface area contributed by atoms with E-state index in [2.05, 4.69) is 0 Å². The van der Waals surface area contributed by atoms with Gasteiger partial charge in [0.25, 0.3) is 0 Å². The number of benzene rings is 2. The van der Waals surface area contributed by atoms with E-state index in [-0.39, 0.29) is 11.3 Å². The summed E-state index contributed by atoms with van der Waals surface area (Å²) in [5.41, 5.74) is 1.76. The second-order valence-electron chi connectivity index (χ2n) is 3.58. The van der Waals surface area contributed by atoms with Crippen LogP contribution in [0.5, 0.6) is 5.75 Å². The molecule has 0 unspecified atom stereocenters. The highest BCUT2D eigenvalue weighted by Crippen LogP contribution is 2.27. The van der Waals surface area contributed by atoms with Crippen molar-refractivity contribution in [2.45, 2.75) is 0 Å². The third-order valence-corrected chi connectivity index (χ3v) is 2.57. The van der Waals surface area contributed by atoms with Crippen molar-refractivity contribution >= 4 is 17.6 Å². The average Bonchev–Trinajstić information content (AvgIpc) is 2.28. The predicted octanol–water partition coefficient (Wildman–Crippen LogP) is 3.41. The minimum atomic E-state index is -0.967. The van der Waals surface area contributed by atoms with Gasteiger partial charge in [-0.1, -0.05) is 23.7 Å². The number of phenols is 1. The van der Waals surface area contributed by atoms with Crippen LogP contribution in [0, 0.1) is 0 Å². The van der Waals surface area contributed by atoms with Gasteiger partial charge in [-0.15, -0.1) is 0 Å². The summed E-state index contributed by atoms with van der Waals surface area (Å²) in [5.74, 6) is -0.889. The molecule has 17 heavy (non-hydrogen) atoms. The first-order chi connectivity index (χ1) is 8.06. The van der Waals surface area contributed by atoms with Crippen LogP contribution in [-0.2, 0) is 0 Å². The van der Waals surface area contributed by atoms with Gasteiger partial charge >= 0.3 is 5.97 Å². The molecule has 2 rings (SSSR count). The molecular weight excluding hydrogens is 240 g/mol. The van der Waals surface area contributed by atoms with Gasteiger partial charge in [0.2, 0.25) is 0 Å². The molecule has 86 valence electrons. The van der Waals surface area contributed by atoms with Crippen LogP contribution in [0.15, 0.2) is 42.5 Å². The summed E-state index contributed by atoms with van der Waals surface area (Å²) in [4.78, 5) is 10.7. The Labute approximate surface area is 103 Å². The lowest BCUT2D eigenvalue weighted by molar-refractivity contribution is 0.0697. The molecule has 0 radical (unpaired) electrons. The summed E-state index contributed by atoms with van der Waals surface area (Å²) in [6.45, 7) is 0. The minimum Gasteiger partial charge on any atom is -0.508 e. The monoisotopic (exact) mass is 248 g/mol. The zero-order valence-electron chi connectivity index (χ0n) is 8.72. The van der Waals surface area contributed by atoms with Crippen molar-refractivity contribution < 1.29 is 15.0 Å². The van der Waals surface area contributed by atoms with Crippen LogP contribution < -0.4 is 0 Å². The van der Waals surface area contributed by atoms with Gasteiger partial charge in [-0.25, -0.2) is 4.79 Å². The fourth-order valence-corrected chi connectivity index (χ4v) is 1.78. The summed E-state index contributed by atoms with van der Waals surface area (Å²) in [6.07, 6.45) is 0. The minimum absolute atomic E-state index is 0.0785. The quantitative estimate of drug-likeness (QED) is 0.856. The Hall–Kier alpha value is -2.00. The van der Waals surface area contributed by atoms with Crippen molar-refractivity contribution in [3.05, 3.63) is 53.1 Å². The summed E-state index contributed by atoms with van der Waals surface area (Å²) in [5, 5.41) is 18.6. The molecule has 2 aromatic carbocycles. The van der Waals surface area contributed by atoms with E-state index < -0.39 is 5.97 Å². The lowest BCUT2D eigenvalue weighted by atomic mass is 10.0. The number of carbonyl (C=O) groups is 1. The SMILES string of the molecule is O=C(O)c1ccc(-c2cc(O)cc(Cl)c2)cc1. The van der Waals surface area contributed by atoms with Crippen LogP contribution in [0.4, 0.5) is 0 Å². The average molecular weight is 249 g/mol. The van der Waals surface area contributed by atoms with E-state index in [0.29, 0.717) is 5.02 Å². The number of hydrogen-bond acceptors (Lipinski definition) is 2. The fraction of sp³-hybridized carbons (Fsp3) is 0. The number of hydrogen-bond donors (Lipinski definition) is 2. The second kappa shape index (κ2) is 4.47. The van der Waals surface area contributed by atoms with Crippen molar-refractivity contribution in [2.75, 3.05) is 0 Å². The van der Waals surface area contributed by atoms with E-state index >= 15 is 0 Å². The van der Waals surface area contributed by atoms with E-state index in [0.717, 1.165) is 11.1 Å². The predicted molar refractivity (Wildman–Crippen MR) is 65.5 cm³/mol. The number of aromatic hydroxyl groups is 1. The Kier molecular flexibility index (Phi) is 3.02. The number of aromatic carboxylic acids is 1. The van der Waals surface area contributed by atoms with Gasteiger partial charge < -0.3 is 10.2 Å². The molecule has 0 atom stereocenters. The Morgan fingerprint density at radius 2 is 1.65 bits per heavy atom. The summed E-state index contributed by atoms with van der Waals surface area (Å²) >= 11 is 5.83. The molecule has 0 amide bonds. The number of carboxylic acid groups (broad SMARTS) is 1. The Morgan fingerprint density at radius 3 is 2.18 bits per heavy atom. The molecule has 4 heteroatoms. The maximum absolute atomic E-state index is 10.7. The molecule has 0 aromatic heterocycles. The molecule has 3 nitrogen and oxygen atoms in total. The maximum atomic E-state index is 10.7. The van der Waals surface area contributed by atoms with Crippen molar-refractivity contribution in [1.29, 1.82) is 0 Å². The molecule has 0 heterocycles. The van der Waals surface area contributed by atoms with Gasteiger partial charge in [0.05, 0.1) is 5.56 Å². The molecule has 0 spiro atoms. The first-order valence-electron chi connectivity index (χ1n) is 4.89. The molecule has 0 aliphatic rings. The third kappa shape index (κ3) is 2.57. The van der Waals surface area contributed by atoms with Gasteiger partial charge in [-0.2, -0.15) is 0 Å². The molecule has 0 bridgehead atoms. The van der Waals surface area contributed by atoms with Gasteiger partial charge in [-0.05, 0) is 41.5 Å². The Morgan fingerprint density at radius 1 is 1.00 bits per heavy atom. The molecule has 0 saturated heterocycles. The van der Waals surface area contributed by atoms with Gasteiger partial charge in [0, 0.05) is 5.02 Å². The smallest absolute Gasteiger partial charge is 0.335 e. The standard InChI is InChI=1S/C13H9ClO3/c14-11-5-10(6-12(15)7-11)8-1-3-9(4-2-8)13(16)17/h1-7,15H,(H,16,17). The molecule has 0 aliphatic carbocycles. The Balaban J connectivity index is 2.43. The number of phenolic OH excluding ortho intramolecular Hbond substituents is 1. The van der Waals surface area contributed by atoms with E-state index in [1.165, 1.54) is 18.2 Å². The van der Waals surface area contributed by atoms with E-state index in [1.807, 2.05) is 0 Å². The molecular formula is C13H9ClO3. The van der Waals surface area contributed by atoms with Crippen LogP contribution in [0.1, 0.15) is 10.4 Å². The highest BCUT2D eigenvalue weighted by molar-refractivity contribution is 6.31. The number of rotatable bonds is 2. The van der Waals surface area contributed by atoms with Gasteiger partial charge in [0.1, 0.15) is 5.75 Å². The van der Waals surface area contributed by atoms with Crippen LogP contribution in [0.3, 0.4) is 0 Å². The molecule has 2 aromatic rings. The van der Waals surface area contributed by atoms with E-state index in [4.69, 9.17) is 16.7 Å². The summed E-state index contributed by atoms with van der Waals surface area (Å²) in [7, 11) is 0. The molecule has 0 fully saturated rings. The van der Waals surface area contributed by atoms with Crippen LogP contribution in [-0.4, -0.2) is 16.2 Å². The van der Waals surface area contributed by atoms with Crippen molar-refractivity contribution in [2.24, 2.45) is 0 Å². The van der Waals surface area contributed by atoms with E-state index in [9.17, 15) is 9.90 Å². The van der Waals surface area contributed by atoms with Gasteiger partial charge in [0.15, 0.2) is 0 Å². The third-order valence-electron chi connectivity index (χ3n) is 2.35. The Bertz CT molecular complexity index is 541. The van der Waals surface area contributed by atoms with Crippen molar-refractivity contribution in [3.8, 4) is 16.9 Å². The number of halogens is 1. The fourth-order valence-electron chi connectivity index (χ4n) is 1.55. The molecule has 2 N–H and O–H groups in total. The first kappa shape index (κ1) is 11.5. The number of carboxylic acids is 1. The second-order valence-corrected chi connectivity index (χ2v) is 4.02. The largest absolute Gasteiger partial charge is 0.508 e. The highest BCUT2D eigenvalue weighted by Gasteiger charge is 2.04. The van der Waals surface area contributed by atoms with Crippen LogP contribution in [0.25, 0.3) is 11.1 Å². The normalized spacial score (nSPS) is 10.2. The van der Waals surface area contributed by atoms with Crippen molar-refractivity contribution in [1.82, 2.24) is 0 Å². The van der Waals surface area contributed by atoms with E-state index in [1.54, 1.807) is 24.3 Å². The zero-order valence-corrected chi connectivity index (χ0v) is 9.48. The summed E-state index contributed by atoms with van der Waals surface area (Å²) < 4.78 is 0. The molecule has 0 aliphatic heterocycles. The van der Waals surface area contributed by atoms with Gasteiger partial charge in [-0.3, -0.25) is 0 Å². The first-order valence-corrected chi connectivity index (χ1v) is 5.27. The van der Waals surface area contributed by atoms with Crippen LogP contribution >= 0.6 is 11.6 Å². The molecule has 0 saturated carbocycles. The lowest BCUT2D eigenvalue weighted by Crippen LogP contribution is -1.94. The lowest BCUT2D eigenvalue weighted by Gasteiger charge is -2.04. The summed E-state index contributed by atoms with van der Waals surface area (Å²) in [6, 6.07) is 11.1. The highest BCUT2D eigenvalue weighted by atomic mass is 35.5. The zero-order chi connectivity index (χ0) is 12.4. The van der Waals surface area contributed by atoms with Crippen LogP contribution in [0.2, 0.25) is 5.02 Å².